The van der Waals surface area contributed by atoms with Crippen molar-refractivity contribution in [3.05, 3.63) is 53.6 Å². The monoisotopic (exact) mass is 314 g/mol. The fourth-order valence-corrected chi connectivity index (χ4v) is 3.10. The van der Waals surface area contributed by atoms with E-state index in [1.165, 1.54) is 11.8 Å². The van der Waals surface area contributed by atoms with Crippen LogP contribution < -0.4 is 11.1 Å². The van der Waals surface area contributed by atoms with Crippen LogP contribution in [0.1, 0.15) is 25.0 Å². The van der Waals surface area contributed by atoms with Crippen molar-refractivity contribution in [2.75, 3.05) is 11.1 Å². The summed E-state index contributed by atoms with van der Waals surface area (Å²) >= 11 is 1.53. The molecular formula is C18H22N2OS. The molecule has 2 aromatic carbocycles. The first-order valence-corrected chi connectivity index (χ1v) is 8.30. The normalized spacial score (nSPS) is 12.0. The molecule has 1 amide bonds. The molecule has 2 rings (SSSR count). The first-order valence-electron chi connectivity index (χ1n) is 7.42. The standard InChI is InChI=1S/C18H22N2OS/c1-4-14-7-5-6-12(2)17(14)20-18(21)13(3)22-16-10-8-15(19)9-11-16/h5-11,13H,4,19H2,1-3H3,(H,20,21)/t13-/m0/s1. The molecule has 0 aromatic heterocycles. The number of aryl methyl sites for hydroxylation is 2. The van der Waals surface area contributed by atoms with Crippen molar-refractivity contribution in [3.8, 4) is 0 Å². The number of nitrogens with two attached hydrogens (primary N) is 1. The van der Waals surface area contributed by atoms with E-state index in [-0.39, 0.29) is 11.2 Å². The van der Waals surface area contributed by atoms with E-state index in [0.717, 1.165) is 33.8 Å². The Morgan fingerprint density at radius 1 is 1.23 bits per heavy atom. The van der Waals surface area contributed by atoms with Gasteiger partial charge in [0.2, 0.25) is 5.91 Å². The Bertz CT molecular complexity index is 653. The van der Waals surface area contributed by atoms with Gasteiger partial charge >= 0.3 is 0 Å². The van der Waals surface area contributed by atoms with Gasteiger partial charge in [0.25, 0.3) is 0 Å². The van der Waals surface area contributed by atoms with Crippen LogP contribution in [0.4, 0.5) is 11.4 Å². The first kappa shape index (κ1) is 16.4. The Kier molecular flexibility index (Phi) is 5.50. The van der Waals surface area contributed by atoms with Gasteiger partial charge in [0.05, 0.1) is 5.25 Å². The number of para-hydroxylation sites is 1. The van der Waals surface area contributed by atoms with E-state index < -0.39 is 0 Å². The molecule has 0 unspecified atom stereocenters. The Labute approximate surface area is 136 Å². The maximum absolute atomic E-state index is 12.4. The third-order valence-electron chi connectivity index (χ3n) is 3.55. The smallest absolute Gasteiger partial charge is 0.237 e. The molecule has 0 radical (unpaired) electrons. The molecule has 0 bridgehead atoms. The SMILES string of the molecule is CCc1cccc(C)c1NC(=O)[C@H](C)Sc1ccc(N)cc1. The number of carbonyl (C=O) groups is 1. The third-order valence-corrected chi connectivity index (χ3v) is 4.66. The van der Waals surface area contributed by atoms with Crippen LogP contribution in [-0.4, -0.2) is 11.2 Å². The maximum atomic E-state index is 12.4. The molecule has 0 aliphatic carbocycles. The van der Waals surface area contributed by atoms with Gasteiger partial charge in [-0.3, -0.25) is 4.79 Å². The van der Waals surface area contributed by atoms with Gasteiger partial charge < -0.3 is 11.1 Å². The Balaban J connectivity index is 2.07. The van der Waals surface area contributed by atoms with Gasteiger partial charge in [-0.2, -0.15) is 0 Å². The molecule has 0 aliphatic heterocycles. The highest BCUT2D eigenvalue weighted by Crippen LogP contribution is 2.27. The zero-order valence-corrected chi connectivity index (χ0v) is 14.0. The summed E-state index contributed by atoms with van der Waals surface area (Å²) in [6.07, 6.45) is 0.900. The summed E-state index contributed by atoms with van der Waals surface area (Å²) in [6, 6.07) is 13.7. The summed E-state index contributed by atoms with van der Waals surface area (Å²) in [6.45, 7) is 6.03. The number of benzene rings is 2. The van der Waals surface area contributed by atoms with Crippen LogP contribution in [0.15, 0.2) is 47.4 Å². The molecule has 3 N–H and O–H groups in total. The molecule has 3 nitrogen and oxygen atoms in total. The lowest BCUT2D eigenvalue weighted by Gasteiger charge is -2.16. The van der Waals surface area contributed by atoms with Crippen molar-refractivity contribution in [1.29, 1.82) is 0 Å². The highest BCUT2D eigenvalue weighted by Gasteiger charge is 2.16. The Morgan fingerprint density at radius 3 is 2.55 bits per heavy atom. The molecule has 22 heavy (non-hydrogen) atoms. The van der Waals surface area contributed by atoms with Gasteiger partial charge in [-0.25, -0.2) is 0 Å². The van der Waals surface area contributed by atoms with Gasteiger partial charge in [-0.1, -0.05) is 25.1 Å². The molecule has 0 aliphatic rings. The van der Waals surface area contributed by atoms with Crippen LogP contribution >= 0.6 is 11.8 Å². The summed E-state index contributed by atoms with van der Waals surface area (Å²) in [7, 11) is 0. The van der Waals surface area contributed by atoms with E-state index in [1.807, 2.05) is 50.2 Å². The summed E-state index contributed by atoms with van der Waals surface area (Å²) in [5.41, 5.74) is 9.61. The summed E-state index contributed by atoms with van der Waals surface area (Å²) < 4.78 is 0. The molecule has 0 saturated carbocycles. The summed E-state index contributed by atoms with van der Waals surface area (Å²) in [4.78, 5) is 13.5. The van der Waals surface area contributed by atoms with Crippen LogP contribution in [0.3, 0.4) is 0 Å². The zero-order valence-electron chi connectivity index (χ0n) is 13.2. The van der Waals surface area contributed by atoms with Crippen molar-refractivity contribution in [2.45, 2.75) is 37.3 Å². The highest BCUT2D eigenvalue weighted by molar-refractivity contribution is 8.00. The number of amides is 1. The second-order valence-electron chi connectivity index (χ2n) is 5.28. The topological polar surface area (TPSA) is 55.1 Å². The number of nitrogen functional groups attached to an aromatic ring is 1. The number of hydrogen-bond acceptors (Lipinski definition) is 3. The lowest BCUT2D eigenvalue weighted by Crippen LogP contribution is -2.23. The average Bonchev–Trinajstić information content (AvgIpc) is 2.51. The molecule has 0 spiro atoms. The fourth-order valence-electron chi connectivity index (χ4n) is 2.23. The number of nitrogens with one attached hydrogen (secondary N) is 1. The largest absolute Gasteiger partial charge is 0.399 e. The fraction of sp³-hybridized carbons (Fsp3) is 0.278. The van der Waals surface area contributed by atoms with Crippen LogP contribution in [-0.2, 0) is 11.2 Å². The van der Waals surface area contributed by atoms with Crippen LogP contribution in [0.25, 0.3) is 0 Å². The van der Waals surface area contributed by atoms with Crippen LogP contribution in [0, 0.1) is 6.92 Å². The Hall–Kier alpha value is -1.94. The summed E-state index contributed by atoms with van der Waals surface area (Å²) in [5.74, 6) is 0.0193. The van der Waals surface area contributed by atoms with Gasteiger partial charge in [-0.15, -0.1) is 11.8 Å². The van der Waals surface area contributed by atoms with Crippen LogP contribution in [0.2, 0.25) is 0 Å². The lowest BCUT2D eigenvalue weighted by molar-refractivity contribution is -0.115. The van der Waals surface area contributed by atoms with Crippen molar-refractivity contribution in [2.24, 2.45) is 0 Å². The predicted molar refractivity (Wildman–Crippen MR) is 95.4 cm³/mol. The van der Waals surface area contributed by atoms with Gasteiger partial charge in [0.15, 0.2) is 0 Å². The third kappa shape index (κ3) is 4.04. The van der Waals surface area contributed by atoms with Gasteiger partial charge in [-0.05, 0) is 55.7 Å². The molecular weight excluding hydrogens is 292 g/mol. The molecule has 1 atom stereocenters. The van der Waals surface area contributed by atoms with Crippen molar-refractivity contribution >= 4 is 29.0 Å². The zero-order chi connectivity index (χ0) is 16.1. The van der Waals surface area contributed by atoms with Crippen LogP contribution in [0.5, 0.6) is 0 Å². The molecule has 0 saturated heterocycles. The molecule has 2 aromatic rings. The predicted octanol–water partition coefficient (Wildman–Crippen LogP) is 4.26. The number of carbonyl (C=O) groups excluding carboxylic acids is 1. The van der Waals surface area contributed by atoms with E-state index in [1.54, 1.807) is 0 Å². The minimum Gasteiger partial charge on any atom is -0.399 e. The van der Waals surface area contributed by atoms with Crippen molar-refractivity contribution in [3.63, 3.8) is 0 Å². The van der Waals surface area contributed by atoms with E-state index in [2.05, 4.69) is 18.3 Å². The van der Waals surface area contributed by atoms with Gasteiger partial charge in [0, 0.05) is 16.3 Å². The van der Waals surface area contributed by atoms with Gasteiger partial charge in [0.1, 0.15) is 0 Å². The average molecular weight is 314 g/mol. The van der Waals surface area contributed by atoms with E-state index >= 15 is 0 Å². The van der Waals surface area contributed by atoms with E-state index in [0.29, 0.717) is 0 Å². The van der Waals surface area contributed by atoms with Crippen molar-refractivity contribution in [1.82, 2.24) is 0 Å². The van der Waals surface area contributed by atoms with Crippen molar-refractivity contribution < 1.29 is 4.79 Å². The Morgan fingerprint density at radius 2 is 1.91 bits per heavy atom. The minimum atomic E-state index is -0.173. The van der Waals surface area contributed by atoms with E-state index in [9.17, 15) is 4.79 Å². The van der Waals surface area contributed by atoms with E-state index in [4.69, 9.17) is 5.73 Å². The summed E-state index contributed by atoms with van der Waals surface area (Å²) in [5, 5.41) is 2.90. The number of thioether (sulfide) groups is 1. The number of rotatable bonds is 5. The molecule has 0 fully saturated rings. The molecule has 0 heterocycles. The quantitative estimate of drug-likeness (QED) is 0.640. The molecule has 116 valence electrons. The number of hydrogen-bond donors (Lipinski definition) is 2. The second-order valence-corrected chi connectivity index (χ2v) is 6.70. The number of anilines is 2. The second kappa shape index (κ2) is 7.36. The first-order chi connectivity index (χ1) is 10.5. The highest BCUT2D eigenvalue weighted by atomic mass is 32.2. The maximum Gasteiger partial charge on any atom is 0.237 e. The molecule has 4 heteroatoms. The lowest BCUT2D eigenvalue weighted by atomic mass is 10.1. The minimum absolute atomic E-state index is 0.0193.